The zero-order valence-corrected chi connectivity index (χ0v) is 11.6. The lowest BCUT2D eigenvalue weighted by Crippen LogP contribution is -1.98. The fourth-order valence-electron chi connectivity index (χ4n) is 1.59. The third-order valence-electron chi connectivity index (χ3n) is 2.27. The Morgan fingerprint density at radius 2 is 2.31 bits per heavy atom. The lowest BCUT2D eigenvalue weighted by atomic mass is 10.0. The minimum atomic E-state index is 0.436. The van der Waals surface area contributed by atoms with Crippen molar-refractivity contribution in [3.05, 3.63) is 20.8 Å². The predicted molar refractivity (Wildman–Crippen MR) is 70.5 cm³/mol. The Morgan fingerprint density at radius 1 is 1.56 bits per heavy atom. The monoisotopic (exact) mass is 300 g/mol. The third kappa shape index (κ3) is 2.30. The van der Waals surface area contributed by atoms with E-state index in [2.05, 4.69) is 34.9 Å². The fourth-order valence-corrected chi connectivity index (χ4v) is 2.73. The normalized spacial score (nSPS) is 11.2. The summed E-state index contributed by atoms with van der Waals surface area (Å²) in [5, 5.41) is 6.09. The van der Waals surface area contributed by atoms with Gasteiger partial charge in [-0.15, -0.1) is 11.3 Å². The molecule has 2 N–H and O–H groups in total. The van der Waals surface area contributed by atoms with Gasteiger partial charge in [-0.2, -0.15) is 0 Å². The first-order chi connectivity index (χ1) is 7.58. The van der Waals surface area contributed by atoms with E-state index in [1.54, 1.807) is 11.3 Å². The minimum absolute atomic E-state index is 0.436. The Hall–Kier alpha value is -0.810. The molecule has 0 spiro atoms. The summed E-state index contributed by atoms with van der Waals surface area (Å²) < 4.78 is 6.16. The highest BCUT2D eigenvalue weighted by molar-refractivity contribution is 9.11. The van der Waals surface area contributed by atoms with Crippen molar-refractivity contribution in [2.24, 2.45) is 5.92 Å². The summed E-state index contributed by atoms with van der Waals surface area (Å²) in [7, 11) is 0. The molecule has 0 aliphatic rings. The minimum Gasteiger partial charge on any atom is -0.367 e. The van der Waals surface area contributed by atoms with E-state index >= 15 is 0 Å². The smallest absolute Gasteiger partial charge is 0.225 e. The van der Waals surface area contributed by atoms with Crippen LogP contribution in [0.5, 0.6) is 0 Å². The van der Waals surface area contributed by atoms with Gasteiger partial charge in [-0.25, -0.2) is 0 Å². The van der Waals surface area contributed by atoms with Gasteiger partial charge >= 0.3 is 0 Å². The van der Waals surface area contributed by atoms with Crippen molar-refractivity contribution in [1.29, 1.82) is 0 Å². The number of rotatable bonds is 3. The molecule has 2 rings (SSSR count). The summed E-state index contributed by atoms with van der Waals surface area (Å²) in [6.07, 6.45) is 0.887. The number of halogens is 1. The highest BCUT2D eigenvalue weighted by atomic mass is 79.9. The first kappa shape index (κ1) is 11.7. The summed E-state index contributed by atoms with van der Waals surface area (Å²) in [5.41, 5.74) is 8.74. The summed E-state index contributed by atoms with van der Waals surface area (Å²) in [5.74, 6) is 0.966. The molecule has 0 radical (unpaired) electrons. The van der Waals surface area contributed by atoms with Gasteiger partial charge in [0.25, 0.3) is 0 Å². The van der Waals surface area contributed by atoms with Gasteiger partial charge in [-0.05, 0) is 34.3 Å². The molecule has 0 saturated heterocycles. The average molecular weight is 301 g/mol. The number of nitrogens with zero attached hydrogens (tertiary/aromatic N) is 1. The zero-order valence-electron chi connectivity index (χ0n) is 9.16. The lowest BCUT2D eigenvalue weighted by Gasteiger charge is -2.03. The first-order valence-electron chi connectivity index (χ1n) is 5.06. The molecule has 0 aliphatic heterocycles. The number of thiophene rings is 1. The lowest BCUT2D eigenvalue weighted by molar-refractivity contribution is 0.438. The highest BCUT2D eigenvalue weighted by Gasteiger charge is 2.17. The number of aromatic nitrogens is 1. The molecule has 0 amide bonds. The molecule has 16 heavy (non-hydrogen) atoms. The Morgan fingerprint density at radius 3 is 2.88 bits per heavy atom. The fraction of sp³-hybridized carbons (Fsp3) is 0.364. The molecule has 0 fully saturated rings. The molecule has 86 valence electrons. The molecule has 2 aromatic heterocycles. The molecule has 0 atom stereocenters. The summed E-state index contributed by atoms with van der Waals surface area (Å²) in [6.45, 7) is 4.31. The van der Waals surface area contributed by atoms with Crippen LogP contribution in [0.25, 0.3) is 11.3 Å². The van der Waals surface area contributed by atoms with Crippen LogP contribution in [0, 0.1) is 5.92 Å². The van der Waals surface area contributed by atoms with Crippen molar-refractivity contribution < 1.29 is 4.52 Å². The van der Waals surface area contributed by atoms with Crippen molar-refractivity contribution in [3.8, 4) is 11.3 Å². The molecule has 0 aromatic carbocycles. The maximum Gasteiger partial charge on any atom is 0.225 e. The van der Waals surface area contributed by atoms with Crippen LogP contribution in [0.3, 0.4) is 0 Å². The summed E-state index contributed by atoms with van der Waals surface area (Å²) in [4.78, 5) is 0. The van der Waals surface area contributed by atoms with Crippen molar-refractivity contribution in [1.82, 2.24) is 5.16 Å². The maximum atomic E-state index is 5.80. The Bertz CT molecular complexity index is 490. The highest BCUT2D eigenvalue weighted by Crippen LogP contribution is 2.33. The zero-order chi connectivity index (χ0) is 11.7. The number of anilines is 1. The maximum absolute atomic E-state index is 5.80. The molecule has 5 heteroatoms. The van der Waals surface area contributed by atoms with Crippen molar-refractivity contribution in [2.75, 3.05) is 5.73 Å². The second-order valence-corrected chi connectivity index (χ2v) is 6.40. The molecule has 0 bridgehead atoms. The van der Waals surface area contributed by atoms with Gasteiger partial charge in [0, 0.05) is 16.5 Å². The molecule has 2 heterocycles. The van der Waals surface area contributed by atoms with E-state index in [1.807, 2.05) is 11.4 Å². The van der Waals surface area contributed by atoms with Crippen LogP contribution in [0.15, 0.2) is 19.8 Å². The molecule has 0 aliphatic carbocycles. The molecule has 2 aromatic rings. The van der Waals surface area contributed by atoms with E-state index in [0.29, 0.717) is 11.8 Å². The van der Waals surface area contributed by atoms with Gasteiger partial charge in [-0.3, -0.25) is 0 Å². The third-order valence-corrected chi connectivity index (χ3v) is 3.78. The predicted octanol–water partition coefficient (Wildman–Crippen LogP) is 3.95. The van der Waals surface area contributed by atoms with E-state index in [0.717, 1.165) is 27.0 Å². The molecular formula is C11H13BrN2OS. The number of nitrogens with two attached hydrogens (primary N) is 1. The van der Waals surface area contributed by atoms with Crippen LogP contribution < -0.4 is 5.73 Å². The molecule has 0 unspecified atom stereocenters. The van der Waals surface area contributed by atoms with Crippen molar-refractivity contribution >= 4 is 33.2 Å². The quantitative estimate of drug-likeness (QED) is 0.934. The largest absolute Gasteiger partial charge is 0.367 e. The van der Waals surface area contributed by atoms with E-state index < -0.39 is 0 Å². The number of hydrogen-bond donors (Lipinski definition) is 1. The molecular weight excluding hydrogens is 288 g/mol. The van der Waals surface area contributed by atoms with Crippen LogP contribution in [0.2, 0.25) is 0 Å². The van der Waals surface area contributed by atoms with Crippen LogP contribution in [0.4, 0.5) is 5.88 Å². The SMILES string of the molecule is CC(C)Cc1c(-c2csc(Br)c2)noc1N. The van der Waals surface area contributed by atoms with Crippen LogP contribution in [0.1, 0.15) is 19.4 Å². The van der Waals surface area contributed by atoms with Gasteiger partial charge in [-0.1, -0.05) is 19.0 Å². The second-order valence-electron chi connectivity index (χ2n) is 4.11. The average Bonchev–Trinajstić information content (AvgIpc) is 2.75. The van der Waals surface area contributed by atoms with E-state index in [1.165, 1.54) is 0 Å². The summed E-state index contributed by atoms with van der Waals surface area (Å²) >= 11 is 5.07. The molecule has 3 nitrogen and oxygen atoms in total. The van der Waals surface area contributed by atoms with Crippen molar-refractivity contribution in [3.63, 3.8) is 0 Å². The Balaban J connectivity index is 2.41. The number of nitrogen functional groups attached to an aromatic ring is 1. The summed E-state index contributed by atoms with van der Waals surface area (Å²) in [6, 6.07) is 2.03. The van der Waals surface area contributed by atoms with E-state index in [-0.39, 0.29) is 0 Å². The van der Waals surface area contributed by atoms with Gasteiger partial charge in [0.2, 0.25) is 5.88 Å². The first-order valence-corrected chi connectivity index (χ1v) is 6.73. The standard InChI is InChI=1S/C11H13BrN2OS/c1-6(2)3-8-10(14-15-11(8)13)7-4-9(12)16-5-7/h4-6H,3,13H2,1-2H3. The number of hydrogen-bond acceptors (Lipinski definition) is 4. The van der Waals surface area contributed by atoms with Crippen LogP contribution in [-0.2, 0) is 6.42 Å². The Kier molecular flexibility index (Phi) is 3.35. The Labute approximate surface area is 107 Å². The topological polar surface area (TPSA) is 52.0 Å². The van der Waals surface area contributed by atoms with Gasteiger partial charge in [0.15, 0.2) is 0 Å². The van der Waals surface area contributed by atoms with Gasteiger partial charge in [0.05, 0.1) is 3.79 Å². The van der Waals surface area contributed by atoms with Crippen LogP contribution >= 0.6 is 27.3 Å². The second kappa shape index (κ2) is 4.59. The van der Waals surface area contributed by atoms with Gasteiger partial charge in [0.1, 0.15) is 5.69 Å². The molecule has 0 saturated carbocycles. The van der Waals surface area contributed by atoms with E-state index in [9.17, 15) is 0 Å². The van der Waals surface area contributed by atoms with E-state index in [4.69, 9.17) is 10.3 Å². The van der Waals surface area contributed by atoms with Crippen molar-refractivity contribution in [2.45, 2.75) is 20.3 Å². The van der Waals surface area contributed by atoms with Gasteiger partial charge < -0.3 is 10.3 Å². The van der Waals surface area contributed by atoms with Crippen LogP contribution in [-0.4, -0.2) is 5.16 Å².